The third-order valence-electron chi connectivity index (χ3n) is 5.01. The summed E-state index contributed by atoms with van der Waals surface area (Å²) >= 11 is 3.78. The summed E-state index contributed by atoms with van der Waals surface area (Å²) in [6.45, 7) is 2.72. The van der Waals surface area contributed by atoms with Crippen LogP contribution in [0.4, 0.5) is 0 Å². The smallest absolute Gasteiger partial charge is 0.245 e. The van der Waals surface area contributed by atoms with Crippen LogP contribution in [-0.2, 0) is 16.1 Å². The monoisotopic (exact) mass is 385 g/mol. The molecule has 4 heteroatoms. The number of halogens is 1. The van der Waals surface area contributed by atoms with Gasteiger partial charge in [-0.05, 0) is 17.5 Å². The van der Waals surface area contributed by atoms with Gasteiger partial charge >= 0.3 is 0 Å². The van der Waals surface area contributed by atoms with Crippen LogP contribution in [0.3, 0.4) is 0 Å². The lowest BCUT2D eigenvalue weighted by atomic mass is 9.78. The third kappa shape index (κ3) is 2.40. The fourth-order valence-corrected chi connectivity index (χ4v) is 4.86. The fraction of sp³-hybridized carbons (Fsp3) is 0.350. The molecule has 2 aromatic carbocycles. The van der Waals surface area contributed by atoms with E-state index in [9.17, 15) is 4.79 Å². The molecule has 2 fully saturated rings. The Morgan fingerprint density at radius 3 is 2.29 bits per heavy atom. The summed E-state index contributed by atoms with van der Waals surface area (Å²) in [5.41, 5.74) is 2.29. The molecule has 2 saturated heterocycles. The van der Waals surface area contributed by atoms with Crippen LogP contribution in [0.5, 0.6) is 0 Å². The Bertz CT molecular complexity index is 736. The van der Waals surface area contributed by atoms with Gasteiger partial charge in [0.1, 0.15) is 6.10 Å². The SMILES string of the molecule is CC[C@H]1O[C@@H]1[C@@]1(Br)C(=O)N(Cc2ccccc2)[C@@H]1c1ccccc1. The maximum atomic E-state index is 13.0. The maximum Gasteiger partial charge on any atom is 0.245 e. The minimum Gasteiger partial charge on any atom is -0.367 e. The van der Waals surface area contributed by atoms with Crippen LogP contribution in [-0.4, -0.2) is 27.3 Å². The van der Waals surface area contributed by atoms with Gasteiger partial charge in [-0.15, -0.1) is 0 Å². The molecule has 0 radical (unpaired) electrons. The lowest BCUT2D eigenvalue weighted by molar-refractivity contribution is -0.154. The molecule has 1 amide bonds. The number of ether oxygens (including phenoxy) is 1. The number of nitrogens with zero attached hydrogens (tertiary/aromatic N) is 1. The molecule has 0 N–H and O–H groups in total. The first-order valence-electron chi connectivity index (χ1n) is 8.40. The number of hydrogen-bond donors (Lipinski definition) is 0. The van der Waals surface area contributed by atoms with E-state index in [2.05, 4.69) is 47.1 Å². The van der Waals surface area contributed by atoms with E-state index in [-0.39, 0.29) is 24.2 Å². The van der Waals surface area contributed by atoms with Gasteiger partial charge in [-0.2, -0.15) is 0 Å². The van der Waals surface area contributed by atoms with E-state index < -0.39 is 4.32 Å². The van der Waals surface area contributed by atoms with Gasteiger partial charge in [-0.1, -0.05) is 83.5 Å². The van der Waals surface area contributed by atoms with Crippen molar-refractivity contribution in [1.29, 1.82) is 0 Å². The van der Waals surface area contributed by atoms with Crippen molar-refractivity contribution in [1.82, 2.24) is 4.90 Å². The van der Waals surface area contributed by atoms with Crippen molar-refractivity contribution in [3.8, 4) is 0 Å². The number of β-lactam (4-membered cyclic amide) rings is 1. The molecule has 4 atom stereocenters. The van der Waals surface area contributed by atoms with Crippen molar-refractivity contribution in [2.24, 2.45) is 0 Å². The Morgan fingerprint density at radius 2 is 1.71 bits per heavy atom. The van der Waals surface area contributed by atoms with Gasteiger partial charge in [-0.25, -0.2) is 0 Å². The highest BCUT2D eigenvalue weighted by atomic mass is 79.9. The predicted octanol–water partition coefficient (Wildman–Crippen LogP) is 4.08. The Kier molecular flexibility index (Phi) is 3.97. The number of rotatable bonds is 5. The van der Waals surface area contributed by atoms with Crippen LogP contribution in [0.1, 0.15) is 30.5 Å². The molecule has 0 bridgehead atoms. The molecule has 0 unspecified atom stereocenters. The topological polar surface area (TPSA) is 32.8 Å². The first-order valence-corrected chi connectivity index (χ1v) is 9.20. The standard InChI is InChI=1S/C20H20BrNO2/c1-2-16-18(24-16)20(21)17(15-11-7-4-8-12-15)22(19(20)23)13-14-9-5-3-6-10-14/h3-12,16-18H,2,13H2,1H3/t16-,17-,18+,20-/m1/s1. The van der Waals surface area contributed by atoms with Gasteiger partial charge in [0.25, 0.3) is 0 Å². The molecule has 0 aromatic heterocycles. The summed E-state index contributed by atoms with van der Waals surface area (Å²) in [4.78, 5) is 15.0. The number of benzene rings is 2. The number of alkyl halides is 1. The molecule has 2 aliphatic rings. The van der Waals surface area contributed by atoms with E-state index >= 15 is 0 Å². The van der Waals surface area contributed by atoms with Gasteiger partial charge in [0.2, 0.25) is 5.91 Å². The van der Waals surface area contributed by atoms with Crippen LogP contribution in [0, 0.1) is 0 Å². The second-order valence-corrected chi connectivity index (χ2v) is 7.82. The molecular formula is C20H20BrNO2. The highest BCUT2D eigenvalue weighted by Gasteiger charge is 2.70. The lowest BCUT2D eigenvalue weighted by Gasteiger charge is -2.53. The number of hydrogen-bond acceptors (Lipinski definition) is 2. The Labute approximate surface area is 150 Å². The first-order chi connectivity index (χ1) is 11.7. The second kappa shape index (κ2) is 6.01. The average molecular weight is 386 g/mol. The van der Waals surface area contributed by atoms with Gasteiger partial charge in [-0.3, -0.25) is 4.79 Å². The lowest BCUT2D eigenvalue weighted by Crippen LogP contribution is -2.67. The molecule has 0 spiro atoms. The van der Waals surface area contributed by atoms with Gasteiger partial charge in [0.15, 0.2) is 4.32 Å². The number of epoxide rings is 1. The maximum absolute atomic E-state index is 13.0. The normalized spacial score (nSPS) is 31.7. The molecule has 0 aliphatic carbocycles. The summed E-state index contributed by atoms with van der Waals surface area (Å²) < 4.78 is 5.16. The van der Waals surface area contributed by atoms with Crippen LogP contribution in [0.25, 0.3) is 0 Å². The molecule has 2 heterocycles. The Balaban J connectivity index is 1.66. The summed E-state index contributed by atoms with van der Waals surface area (Å²) in [5.74, 6) is 0.126. The highest BCUT2D eigenvalue weighted by molar-refractivity contribution is 9.10. The number of amides is 1. The minimum atomic E-state index is -0.635. The summed E-state index contributed by atoms with van der Waals surface area (Å²) in [6.07, 6.45) is 1.08. The van der Waals surface area contributed by atoms with E-state index in [4.69, 9.17) is 4.74 Å². The van der Waals surface area contributed by atoms with E-state index in [0.717, 1.165) is 17.5 Å². The molecule has 2 aromatic rings. The van der Waals surface area contributed by atoms with Gasteiger partial charge in [0, 0.05) is 6.54 Å². The van der Waals surface area contributed by atoms with Crippen LogP contribution >= 0.6 is 15.9 Å². The summed E-state index contributed by atoms with van der Waals surface area (Å²) in [6, 6.07) is 20.4. The molecule has 124 valence electrons. The number of carbonyl (C=O) groups is 1. The zero-order chi connectivity index (χ0) is 16.7. The zero-order valence-electron chi connectivity index (χ0n) is 13.6. The van der Waals surface area contributed by atoms with Crippen molar-refractivity contribution in [3.05, 3.63) is 71.8 Å². The number of carbonyl (C=O) groups excluding carboxylic acids is 1. The van der Waals surface area contributed by atoms with Gasteiger partial charge < -0.3 is 9.64 Å². The Hall–Kier alpha value is -1.65. The van der Waals surface area contributed by atoms with Gasteiger partial charge in [0.05, 0.1) is 12.1 Å². The predicted molar refractivity (Wildman–Crippen MR) is 96.8 cm³/mol. The molecule has 0 saturated carbocycles. The summed E-state index contributed by atoms with van der Waals surface area (Å²) in [7, 11) is 0. The first kappa shape index (κ1) is 15.9. The van der Waals surface area contributed by atoms with Crippen LogP contribution < -0.4 is 0 Å². The van der Waals surface area contributed by atoms with E-state index in [0.29, 0.717) is 6.54 Å². The molecule has 2 aliphatic heterocycles. The zero-order valence-corrected chi connectivity index (χ0v) is 15.1. The molecule has 4 rings (SSSR count). The molecule has 3 nitrogen and oxygen atoms in total. The van der Waals surface area contributed by atoms with Crippen molar-refractivity contribution >= 4 is 21.8 Å². The third-order valence-corrected chi connectivity index (χ3v) is 6.23. The van der Waals surface area contributed by atoms with E-state index in [1.54, 1.807) is 0 Å². The quantitative estimate of drug-likeness (QED) is 0.441. The molecular weight excluding hydrogens is 366 g/mol. The van der Waals surface area contributed by atoms with E-state index in [1.165, 1.54) is 0 Å². The van der Waals surface area contributed by atoms with E-state index in [1.807, 2.05) is 41.3 Å². The average Bonchev–Trinajstić information content (AvgIpc) is 3.42. The summed E-state index contributed by atoms with van der Waals surface area (Å²) in [5, 5.41) is 0. The fourth-order valence-electron chi connectivity index (χ4n) is 3.72. The number of likely N-dealkylation sites (tertiary alicyclic amines) is 1. The largest absolute Gasteiger partial charge is 0.367 e. The molecule has 24 heavy (non-hydrogen) atoms. The second-order valence-electron chi connectivity index (χ2n) is 6.50. The minimum absolute atomic E-state index is 0.00652. The van der Waals surface area contributed by atoms with Crippen molar-refractivity contribution in [3.63, 3.8) is 0 Å². The van der Waals surface area contributed by atoms with Crippen molar-refractivity contribution in [2.75, 3.05) is 0 Å². The van der Waals surface area contributed by atoms with Crippen molar-refractivity contribution in [2.45, 2.75) is 42.5 Å². The highest BCUT2D eigenvalue weighted by Crippen LogP contribution is 2.57. The van der Waals surface area contributed by atoms with Crippen molar-refractivity contribution < 1.29 is 9.53 Å². The van der Waals surface area contributed by atoms with Crippen LogP contribution in [0.15, 0.2) is 60.7 Å². The van der Waals surface area contributed by atoms with Crippen LogP contribution in [0.2, 0.25) is 0 Å². The Morgan fingerprint density at radius 1 is 1.08 bits per heavy atom.